The van der Waals surface area contributed by atoms with Crippen molar-refractivity contribution in [2.45, 2.75) is 26.0 Å². The molecule has 3 heterocycles. The lowest BCUT2D eigenvalue weighted by molar-refractivity contribution is 0.201. The maximum absolute atomic E-state index is 10.7. The Labute approximate surface area is 126 Å². The van der Waals surface area contributed by atoms with Crippen molar-refractivity contribution in [3.63, 3.8) is 0 Å². The van der Waals surface area contributed by atoms with E-state index >= 15 is 0 Å². The standard InChI is InChI=1S/C15H17N3O2S/c1-3-5-18-14(12(20-2)9-17-18)15(19)10-7-13-11(16-8-10)4-6-21-13/h4,6-9,15,19H,3,5H2,1-2H3. The van der Waals surface area contributed by atoms with Gasteiger partial charge in [-0.15, -0.1) is 11.3 Å². The molecule has 0 saturated carbocycles. The number of pyridine rings is 1. The monoisotopic (exact) mass is 303 g/mol. The van der Waals surface area contributed by atoms with Crippen LogP contribution >= 0.6 is 11.3 Å². The van der Waals surface area contributed by atoms with Gasteiger partial charge in [-0.1, -0.05) is 6.92 Å². The zero-order valence-electron chi connectivity index (χ0n) is 12.0. The predicted molar refractivity (Wildman–Crippen MR) is 82.8 cm³/mol. The fourth-order valence-electron chi connectivity index (χ4n) is 2.37. The van der Waals surface area contributed by atoms with Crippen molar-refractivity contribution in [2.24, 2.45) is 0 Å². The first-order chi connectivity index (χ1) is 10.2. The van der Waals surface area contributed by atoms with Crippen LogP contribution in [0.25, 0.3) is 10.2 Å². The molecule has 0 spiro atoms. The van der Waals surface area contributed by atoms with E-state index in [0.717, 1.165) is 28.7 Å². The number of fused-ring (bicyclic) bond motifs is 1. The Bertz CT molecular complexity index is 750. The third kappa shape index (κ3) is 2.52. The van der Waals surface area contributed by atoms with Crippen molar-refractivity contribution in [2.75, 3.05) is 7.11 Å². The molecule has 5 nitrogen and oxygen atoms in total. The summed E-state index contributed by atoms with van der Waals surface area (Å²) in [7, 11) is 1.59. The van der Waals surface area contributed by atoms with Crippen molar-refractivity contribution in [3.8, 4) is 5.75 Å². The summed E-state index contributed by atoms with van der Waals surface area (Å²) in [6.07, 6.45) is 3.49. The molecular formula is C15H17N3O2S. The molecule has 1 N–H and O–H groups in total. The van der Waals surface area contributed by atoms with Crippen molar-refractivity contribution < 1.29 is 9.84 Å². The molecule has 0 aromatic carbocycles. The minimum absolute atomic E-state index is 0.599. The summed E-state index contributed by atoms with van der Waals surface area (Å²) in [6.45, 7) is 2.81. The van der Waals surface area contributed by atoms with Crippen molar-refractivity contribution >= 4 is 21.6 Å². The summed E-state index contributed by atoms with van der Waals surface area (Å²) < 4.78 is 8.18. The molecule has 110 valence electrons. The average molecular weight is 303 g/mol. The Kier molecular flexibility index (Phi) is 3.90. The zero-order chi connectivity index (χ0) is 14.8. The number of hydrogen-bond acceptors (Lipinski definition) is 5. The molecule has 1 unspecified atom stereocenters. The smallest absolute Gasteiger partial charge is 0.163 e. The van der Waals surface area contributed by atoms with Gasteiger partial charge >= 0.3 is 0 Å². The van der Waals surface area contributed by atoms with Crippen LogP contribution in [0.4, 0.5) is 0 Å². The fourth-order valence-corrected chi connectivity index (χ4v) is 3.16. The van der Waals surface area contributed by atoms with Crippen molar-refractivity contribution in [1.29, 1.82) is 0 Å². The van der Waals surface area contributed by atoms with Crippen LogP contribution in [0.15, 0.2) is 29.9 Å². The van der Waals surface area contributed by atoms with E-state index in [4.69, 9.17) is 4.74 Å². The van der Waals surface area contributed by atoms with Crippen molar-refractivity contribution in [1.82, 2.24) is 14.8 Å². The lowest BCUT2D eigenvalue weighted by Crippen LogP contribution is -2.11. The van der Waals surface area contributed by atoms with Gasteiger partial charge in [0.05, 0.1) is 23.5 Å². The molecule has 0 saturated heterocycles. The van der Waals surface area contributed by atoms with E-state index in [9.17, 15) is 5.11 Å². The van der Waals surface area contributed by atoms with Gasteiger partial charge in [-0.25, -0.2) is 0 Å². The largest absolute Gasteiger partial charge is 0.493 e. The highest BCUT2D eigenvalue weighted by Gasteiger charge is 2.22. The number of rotatable bonds is 5. The number of aromatic nitrogens is 3. The molecule has 0 bridgehead atoms. The third-order valence-electron chi connectivity index (χ3n) is 3.40. The Balaban J connectivity index is 2.03. The molecule has 3 rings (SSSR count). The number of nitrogens with zero attached hydrogens (tertiary/aromatic N) is 3. The summed E-state index contributed by atoms with van der Waals surface area (Å²) >= 11 is 1.61. The lowest BCUT2D eigenvalue weighted by Gasteiger charge is -2.15. The van der Waals surface area contributed by atoms with Gasteiger partial charge in [0.15, 0.2) is 5.75 Å². The van der Waals surface area contributed by atoms with Gasteiger partial charge < -0.3 is 9.84 Å². The highest BCUT2D eigenvalue weighted by Crippen LogP contribution is 2.31. The molecular weight excluding hydrogens is 286 g/mol. The first kappa shape index (κ1) is 14.0. The SMILES string of the molecule is CCCn1ncc(OC)c1C(O)c1cnc2ccsc2c1. The Morgan fingerprint density at radius 2 is 2.29 bits per heavy atom. The topological polar surface area (TPSA) is 60.2 Å². The van der Waals surface area contributed by atoms with E-state index in [2.05, 4.69) is 17.0 Å². The highest BCUT2D eigenvalue weighted by atomic mass is 32.1. The molecule has 1 atom stereocenters. The van der Waals surface area contributed by atoms with Gasteiger partial charge in [0.2, 0.25) is 0 Å². The van der Waals surface area contributed by atoms with Gasteiger partial charge in [-0.3, -0.25) is 9.67 Å². The van der Waals surface area contributed by atoms with Gasteiger partial charge in [0.1, 0.15) is 11.8 Å². The third-order valence-corrected chi connectivity index (χ3v) is 4.25. The molecule has 3 aromatic heterocycles. The van der Waals surface area contributed by atoms with E-state index in [-0.39, 0.29) is 0 Å². The molecule has 0 fully saturated rings. The minimum Gasteiger partial charge on any atom is -0.493 e. The lowest BCUT2D eigenvalue weighted by atomic mass is 10.1. The van der Waals surface area contributed by atoms with Crippen LogP contribution in [-0.2, 0) is 6.54 Å². The minimum atomic E-state index is -0.798. The first-order valence-electron chi connectivity index (χ1n) is 6.85. The predicted octanol–water partition coefficient (Wildman–Crippen LogP) is 2.99. The number of aryl methyl sites for hydroxylation is 1. The molecule has 0 radical (unpaired) electrons. The van der Waals surface area contributed by atoms with E-state index in [1.165, 1.54) is 0 Å². The molecule has 21 heavy (non-hydrogen) atoms. The molecule has 0 aliphatic heterocycles. The summed E-state index contributed by atoms with van der Waals surface area (Å²) in [6, 6.07) is 3.94. The van der Waals surface area contributed by atoms with Gasteiger partial charge in [0, 0.05) is 18.3 Å². The Morgan fingerprint density at radius 3 is 3.05 bits per heavy atom. The highest BCUT2D eigenvalue weighted by molar-refractivity contribution is 7.17. The molecule has 0 aliphatic rings. The van der Waals surface area contributed by atoms with Crippen LogP contribution in [-0.4, -0.2) is 27.0 Å². The summed E-state index contributed by atoms with van der Waals surface area (Å²) in [4.78, 5) is 4.38. The van der Waals surface area contributed by atoms with E-state index in [1.54, 1.807) is 35.5 Å². The van der Waals surface area contributed by atoms with Crippen LogP contribution in [0.2, 0.25) is 0 Å². The molecule has 0 amide bonds. The fraction of sp³-hybridized carbons (Fsp3) is 0.333. The second kappa shape index (κ2) is 5.83. The van der Waals surface area contributed by atoms with Gasteiger partial charge in [-0.2, -0.15) is 5.10 Å². The van der Waals surface area contributed by atoms with Crippen LogP contribution in [0, 0.1) is 0 Å². The quantitative estimate of drug-likeness (QED) is 0.787. The second-order valence-corrected chi connectivity index (χ2v) is 5.74. The first-order valence-corrected chi connectivity index (χ1v) is 7.73. The summed E-state index contributed by atoms with van der Waals surface area (Å²) in [5, 5.41) is 17.0. The number of ether oxygens (including phenoxy) is 1. The molecule has 3 aromatic rings. The number of thiophene rings is 1. The van der Waals surface area contributed by atoms with Gasteiger partial charge in [-0.05, 0) is 23.9 Å². The molecule has 0 aliphatic carbocycles. The number of aliphatic hydroxyl groups is 1. The van der Waals surface area contributed by atoms with Crippen LogP contribution in [0.1, 0.15) is 30.7 Å². The molecule has 6 heteroatoms. The maximum Gasteiger partial charge on any atom is 0.163 e. The van der Waals surface area contributed by atoms with E-state index in [0.29, 0.717) is 11.4 Å². The Morgan fingerprint density at radius 1 is 1.43 bits per heavy atom. The zero-order valence-corrected chi connectivity index (χ0v) is 12.8. The van der Waals surface area contributed by atoms with Crippen LogP contribution in [0.5, 0.6) is 5.75 Å². The summed E-state index contributed by atoms with van der Waals surface area (Å²) in [5.41, 5.74) is 2.38. The van der Waals surface area contributed by atoms with E-state index in [1.807, 2.05) is 17.5 Å². The number of aliphatic hydroxyl groups excluding tert-OH is 1. The Hall–Kier alpha value is -1.92. The van der Waals surface area contributed by atoms with Crippen molar-refractivity contribution in [3.05, 3.63) is 41.2 Å². The van der Waals surface area contributed by atoms with Crippen LogP contribution < -0.4 is 4.74 Å². The van der Waals surface area contributed by atoms with E-state index < -0.39 is 6.10 Å². The van der Waals surface area contributed by atoms with Crippen LogP contribution in [0.3, 0.4) is 0 Å². The normalized spacial score (nSPS) is 12.7. The van der Waals surface area contributed by atoms with Gasteiger partial charge in [0.25, 0.3) is 0 Å². The summed E-state index contributed by atoms with van der Waals surface area (Å²) in [5.74, 6) is 0.599. The average Bonchev–Trinajstić information content (AvgIpc) is 3.12. The maximum atomic E-state index is 10.7. The number of hydrogen-bond donors (Lipinski definition) is 1. The number of methoxy groups -OCH3 is 1. The second-order valence-electron chi connectivity index (χ2n) is 4.80.